The van der Waals surface area contributed by atoms with E-state index in [2.05, 4.69) is 15.9 Å². The smallest absolute Gasteiger partial charge is 0.162 e. The van der Waals surface area contributed by atoms with Crippen molar-refractivity contribution >= 4 is 39.1 Å². The van der Waals surface area contributed by atoms with Gasteiger partial charge in [-0.1, -0.05) is 45.2 Å². The zero-order valence-electron chi connectivity index (χ0n) is 10.9. The number of hydrogen-bond acceptors (Lipinski definition) is 3. The largest absolute Gasteiger partial charge is 0.486 e. The fraction of sp³-hybridized carbons (Fsp3) is 0.200. The van der Waals surface area contributed by atoms with Gasteiger partial charge in [-0.05, 0) is 35.4 Å². The van der Waals surface area contributed by atoms with Gasteiger partial charge in [0.2, 0.25) is 0 Å². The minimum Gasteiger partial charge on any atom is -0.486 e. The normalized spacial score (nSPS) is 14.9. The second-order valence-electron chi connectivity index (χ2n) is 4.66. The van der Waals surface area contributed by atoms with E-state index in [9.17, 15) is 0 Å². The van der Waals surface area contributed by atoms with E-state index in [0.29, 0.717) is 34.8 Å². The first-order valence-corrected chi connectivity index (χ1v) is 7.90. The van der Waals surface area contributed by atoms with Crippen LogP contribution in [0.15, 0.2) is 34.8 Å². The fourth-order valence-electron chi connectivity index (χ4n) is 2.24. The van der Waals surface area contributed by atoms with Gasteiger partial charge in [0.05, 0.1) is 6.04 Å². The van der Waals surface area contributed by atoms with Gasteiger partial charge in [-0.3, -0.25) is 0 Å². The number of rotatable bonds is 2. The molecule has 21 heavy (non-hydrogen) atoms. The van der Waals surface area contributed by atoms with Crippen molar-refractivity contribution in [3.8, 4) is 11.5 Å². The van der Waals surface area contributed by atoms with E-state index in [1.54, 1.807) is 12.1 Å². The summed E-state index contributed by atoms with van der Waals surface area (Å²) in [6, 6.07) is 8.65. The zero-order chi connectivity index (χ0) is 15.0. The Morgan fingerprint density at radius 2 is 1.67 bits per heavy atom. The molecule has 0 amide bonds. The van der Waals surface area contributed by atoms with Crippen molar-refractivity contribution in [2.75, 3.05) is 13.2 Å². The molecule has 2 N–H and O–H groups in total. The molecule has 1 aliphatic rings. The van der Waals surface area contributed by atoms with E-state index in [-0.39, 0.29) is 6.04 Å². The predicted octanol–water partition coefficient (Wildman–Crippen LogP) is 4.58. The van der Waals surface area contributed by atoms with Gasteiger partial charge < -0.3 is 15.2 Å². The van der Waals surface area contributed by atoms with Gasteiger partial charge in [0, 0.05) is 14.5 Å². The maximum absolute atomic E-state index is 6.35. The molecule has 0 aromatic heterocycles. The molecule has 6 heteroatoms. The van der Waals surface area contributed by atoms with Crippen molar-refractivity contribution in [1.29, 1.82) is 0 Å². The monoisotopic (exact) mass is 387 g/mol. The van der Waals surface area contributed by atoms with Crippen LogP contribution in [0.4, 0.5) is 0 Å². The van der Waals surface area contributed by atoms with Gasteiger partial charge in [0.15, 0.2) is 11.5 Å². The summed E-state index contributed by atoms with van der Waals surface area (Å²) in [6.07, 6.45) is 0. The van der Waals surface area contributed by atoms with Crippen LogP contribution in [0.25, 0.3) is 0 Å². The molecule has 3 rings (SSSR count). The third-order valence-electron chi connectivity index (χ3n) is 3.29. The summed E-state index contributed by atoms with van der Waals surface area (Å²) < 4.78 is 12.0. The van der Waals surface area contributed by atoms with Crippen LogP contribution in [0.3, 0.4) is 0 Å². The summed E-state index contributed by atoms with van der Waals surface area (Å²) in [5.41, 5.74) is 8.03. The first-order chi connectivity index (χ1) is 10.1. The molecule has 1 atom stereocenters. The summed E-state index contributed by atoms with van der Waals surface area (Å²) >= 11 is 15.7. The second-order valence-corrected chi connectivity index (χ2v) is 6.36. The highest BCUT2D eigenvalue weighted by atomic mass is 79.9. The maximum Gasteiger partial charge on any atom is 0.162 e. The van der Waals surface area contributed by atoms with Gasteiger partial charge >= 0.3 is 0 Å². The third kappa shape index (κ3) is 2.99. The second kappa shape index (κ2) is 6.05. The molecule has 2 aromatic rings. The summed E-state index contributed by atoms with van der Waals surface area (Å²) in [5, 5.41) is 1.12. The molecule has 1 unspecified atom stereocenters. The average molecular weight is 389 g/mol. The maximum atomic E-state index is 6.35. The molecular weight excluding hydrogens is 377 g/mol. The molecule has 1 heterocycles. The predicted molar refractivity (Wildman–Crippen MR) is 87.6 cm³/mol. The Hall–Kier alpha value is -0.940. The van der Waals surface area contributed by atoms with E-state index in [1.165, 1.54) is 0 Å². The highest BCUT2D eigenvalue weighted by Gasteiger charge is 2.20. The topological polar surface area (TPSA) is 44.5 Å². The lowest BCUT2D eigenvalue weighted by Crippen LogP contribution is -2.18. The van der Waals surface area contributed by atoms with Crippen LogP contribution in [-0.4, -0.2) is 13.2 Å². The van der Waals surface area contributed by atoms with Gasteiger partial charge in [0.25, 0.3) is 0 Å². The van der Waals surface area contributed by atoms with E-state index >= 15 is 0 Å². The third-order valence-corrected chi connectivity index (χ3v) is 4.54. The molecule has 2 aromatic carbocycles. The summed E-state index contributed by atoms with van der Waals surface area (Å²) in [4.78, 5) is 0. The zero-order valence-corrected chi connectivity index (χ0v) is 14.0. The number of nitrogens with two attached hydrogens (primary N) is 1. The minimum atomic E-state index is -0.389. The van der Waals surface area contributed by atoms with Crippen LogP contribution in [0.2, 0.25) is 10.0 Å². The van der Waals surface area contributed by atoms with Gasteiger partial charge in [0.1, 0.15) is 13.2 Å². The van der Waals surface area contributed by atoms with Crippen molar-refractivity contribution in [1.82, 2.24) is 0 Å². The van der Waals surface area contributed by atoms with Crippen LogP contribution in [0.5, 0.6) is 11.5 Å². The molecule has 0 fully saturated rings. The molecular formula is C15H12BrCl2NO2. The van der Waals surface area contributed by atoms with Crippen molar-refractivity contribution in [2.45, 2.75) is 6.04 Å². The average Bonchev–Trinajstić information content (AvgIpc) is 2.46. The summed E-state index contributed by atoms with van der Waals surface area (Å²) in [5.74, 6) is 1.41. The minimum absolute atomic E-state index is 0.389. The van der Waals surface area contributed by atoms with E-state index < -0.39 is 0 Å². The fourth-order valence-corrected chi connectivity index (χ4v) is 3.33. The quantitative estimate of drug-likeness (QED) is 0.819. The molecule has 0 spiro atoms. The van der Waals surface area contributed by atoms with Crippen molar-refractivity contribution in [3.05, 3.63) is 56.0 Å². The lowest BCUT2D eigenvalue weighted by molar-refractivity contribution is 0.171. The number of ether oxygens (including phenoxy) is 2. The van der Waals surface area contributed by atoms with Crippen molar-refractivity contribution in [2.24, 2.45) is 5.73 Å². The lowest BCUT2D eigenvalue weighted by Gasteiger charge is -2.22. The van der Waals surface area contributed by atoms with E-state index in [1.807, 2.05) is 18.2 Å². The number of halogens is 3. The standard InChI is InChI=1S/C15H12BrCl2NO2/c16-11-7-14-13(20-3-4-21-14)6-10(11)15(19)9-2-1-8(17)5-12(9)18/h1-2,5-7,15H,3-4,19H2. The van der Waals surface area contributed by atoms with E-state index in [0.717, 1.165) is 15.6 Å². The summed E-state index contributed by atoms with van der Waals surface area (Å²) in [7, 11) is 0. The molecule has 0 aliphatic carbocycles. The molecule has 0 saturated heterocycles. The number of fused-ring (bicyclic) bond motifs is 1. The Morgan fingerprint density at radius 1 is 1.00 bits per heavy atom. The van der Waals surface area contributed by atoms with Gasteiger partial charge in [-0.25, -0.2) is 0 Å². The summed E-state index contributed by atoms with van der Waals surface area (Å²) in [6.45, 7) is 1.08. The molecule has 110 valence electrons. The van der Waals surface area contributed by atoms with Gasteiger partial charge in [-0.15, -0.1) is 0 Å². The van der Waals surface area contributed by atoms with E-state index in [4.69, 9.17) is 38.4 Å². The van der Waals surface area contributed by atoms with Gasteiger partial charge in [-0.2, -0.15) is 0 Å². The number of benzene rings is 2. The van der Waals surface area contributed by atoms with Crippen LogP contribution >= 0.6 is 39.1 Å². The molecule has 3 nitrogen and oxygen atoms in total. The Balaban J connectivity index is 2.03. The lowest BCUT2D eigenvalue weighted by atomic mass is 9.99. The highest BCUT2D eigenvalue weighted by molar-refractivity contribution is 9.10. The van der Waals surface area contributed by atoms with Crippen LogP contribution in [0.1, 0.15) is 17.2 Å². The Bertz CT molecular complexity index is 694. The molecule has 0 radical (unpaired) electrons. The molecule has 0 saturated carbocycles. The van der Waals surface area contributed by atoms with Crippen LogP contribution < -0.4 is 15.2 Å². The first kappa shape index (κ1) is 15.0. The van der Waals surface area contributed by atoms with Crippen LogP contribution in [0, 0.1) is 0 Å². The Morgan fingerprint density at radius 3 is 2.33 bits per heavy atom. The van der Waals surface area contributed by atoms with Crippen molar-refractivity contribution in [3.63, 3.8) is 0 Å². The molecule has 0 bridgehead atoms. The first-order valence-electron chi connectivity index (χ1n) is 6.36. The number of hydrogen-bond donors (Lipinski definition) is 1. The van der Waals surface area contributed by atoms with Crippen molar-refractivity contribution < 1.29 is 9.47 Å². The highest BCUT2D eigenvalue weighted by Crippen LogP contribution is 2.40. The van der Waals surface area contributed by atoms with Crippen LogP contribution in [-0.2, 0) is 0 Å². The molecule has 1 aliphatic heterocycles. The SMILES string of the molecule is NC(c1ccc(Cl)cc1Cl)c1cc2c(cc1Br)OCCO2. The Labute approximate surface area is 141 Å². The Kier molecular flexibility index (Phi) is 4.31.